The van der Waals surface area contributed by atoms with E-state index in [1.54, 1.807) is 11.3 Å². The normalized spacial score (nSPS) is 13.5. The van der Waals surface area contributed by atoms with Gasteiger partial charge in [0.25, 0.3) is 0 Å². The van der Waals surface area contributed by atoms with Gasteiger partial charge in [0, 0.05) is 10.0 Å². The van der Waals surface area contributed by atoms with Crippen LogP contribution in [-0.2, 0) is 56.0 Å². The van der Waals surface area contributed by atoms with Gasteiger partial charge in [-0.25, -0.2) is 0 Å². The lowest BCUT2D eigenvalue weighted by Gasteiger charge is -2.46. The fraction of sp³-hybridized carbons (Fsp3) is 0.196. The first-order valence-corrected chi connectivity index (χ1v) is 22.6. The highest BCUT2D eigenvalue weighted by atomic mass is 79.9. The summed E-state index contributed by atoms with van der Waals surface area (Å²) < 4.78 is 347. The van der Waals surface area contributed by atoms with Gasteiger partial charge in [-0.1, -0.05) is 90.2 Å². The fourth-order valence-corrected chi connectivity index (χ4v) is 10.3. The molecule has 0 radical (unpaired) electrons. The molecule has 29 heteroatoms. The van der Waals surface area contributed by atoms with Crippen molar-refractivity contribution in [1.29, 1.82) is 0 Å². The molecule has 0 amide bonds. The maximum atomic E-state index is 14.2. The zero-order valence-corrected chi connectivity index (χ0v) is 40.0. The zero-order chi connectivity index (χ0) is 56.4. The molecule has 0 saturated carbocycles. The van der Waals surface area contributed by atoms with E-state index in [0.717, 1.165) is 15.5 Å². The van der Waals surface area contributed by atoms with E-state index in [1.807, 2.05) is 6.07 Å². The SMILES string of the molecule is Brc1ccc(Br)c2c1sc[n+]2Cc1ccccc1.FC(F)(F)c1cc([B-](c2cc(C(F)(F)F)cc(C(F)(F)F)c2)(c2cc(C(F)(F)F)cc(C(F)(F)F)c2)c2cc(C(F)(F)F)cc(C(F)(F)F)c2)cc(C(F)(F)F)c1. The van der Waals surface area contributed by atoms with Gasteiger partial charge in [0.05, 0.1) is 49.0 Å². The van der Waals surface area contributed by atoms with Crippen molar-refractivity contribution in [3.05, 3.63) is 180 Å². The van der Waals surface area contributed by atoms with Crippen LogP contribution in [-0.4, -0.2) is 6.15 Å². The molecular weight excluding hydrogens is 1230 g/mol. The van der Waals surface area contributed by atoms with Crippen LogP contribution >= 0.6 is 43.2 Å². The van der Waals surface area contributed by atoms with Crippen molar-refractivity contribution in [2.45, 2.75) is 56.0 Å². The maximum absolute atomic E-state index is 14.2. The van der Waals surface area contributed by atoms with Crippen molar-refractivity contribution in [3.63, 3.8) is 0 Å². The van der Waals surface area contributed by atoms with Crippen LogP contribution in [0, 0.1) is 0 Å². The Hall–Kier alpha value is -5.45. The first-order valence-electron chi connectivity index (χ1n) is 20.2. The summed E-state index contributed by atoms with van der Waals surface area (Å²) in [4.78, 5) is 0. The Morgan fingerprint density at radius 2 is 0.600 bits per heavy atom. The summed E-state index contributed by atoms with van der Waals surface area (Å²) >= 11 is 9.01. The first kappa shape index (κ1) is 58.8. The summed E-state index contributed by atoms with van der Waals surface area (Å²) in [6.45, 7) is 0.899. The second kappa shape index (κ2) is 20.2. The summed E-state index contributed by atoms with van der Waals surface area (Å²) in [6, 6.07) is 5.87. The van der Waals surface area contributed by atoms with Crippen molar-refractivity contribution in [3.8, 4) is 0 Å². The number of fused-ring (bicyclic) bond motifs is 1. The number of alkyl halides is 24. The average Bonchev–Trinajstić information content (AvgIpc) is 3.70. The maximum Gasteiger partial charge on any atom is 0.416 e. The van der Waals surface area contributed by atoms with E-state index in [2.05, 4.69) is 78.3 Å². The average molecular weight is 1250 g/mol. The third-order valence-corrected chi connectivity index (χ3v) is 13.8. The lowest BCUT2D eigenvalue weighted by atomic mass is 9.12. The van der Waals surface area contributed by atoms with E-state index in [0.29, 0.717) is 0 Å². The molecule has 1 nitrogen and oxygen atoms in total. The molecule has 0 spiro atoms. The van der Waals surface area contributed by atoms with E-state index in [4.69, 9.17) is 0 Å². The molecule has 0 fully saturated rings. The van der Waals surface area contributed by atoms with Gasteiger partial charge in [0.2, 0.25) is 11.0 Å². The highest BCUT2D eigenvalue weighted by Crippen LogP contribution is 2.42. The van der Waals surface area contributed by atoms with Crippen LogP contribution in [0.5, 0.6) is 0 Å². The summed E-state index contributed by atoms with van der Waals surface area (Å²) in [5.74, 6) is 0. The lowest BCUT2D eigenvalue weighted by Crippen LogP contribution is -2.75. The zero-order valence-electron chi connectivity index (χ0n) is 36.0. The van der Waals surface area contributed by atoms with E-state index in [-0.39, 0.29) is 0 Å². The summed E-state index contributed by atoms with van der Waals surface area (Å²) in [7, 11) is 0. The van der Waals surface area contributed by atoms with E-state index >= 15 is 0 Å². The topological polar surface area (TPSA) is 3.88 Å². The standard InChI is InChI=1S/C32H12BF24.C14H10Br2NS/c34-25(35,36)13-1-14(26(37,38)39)6-21(5-13)33(22-7-15(27(40,41)42)2-16(8-22)28(43,44)45,23-9-17(29(46,47)48)3-18(10-23)30(49,50)51)24-11-19(31(52,53)54)4-20(12-24)32(55,56)57;15-11-6-7-12(16)14-13(11)17(9-18-14)8-10-4-2-1-3-5-10/h1-12H;1-7,9H,8H2/q-1;+1. The van der Waals surface area contributed by atoms with Gasteiger partial charge in [-0.05, 0) is 68.3 Å². The van der Waals surface area contributed by atoms with Gasteiger partial charge in [0.15, 0.2) is 6.54 Å². The Morgan fingerprint density at radius 3 is 0.853 bits per heavy atom. The molecule has 1 aromatic heterocycles. The predicted molar refractivity (Wildman–Crippen MR) is 233 cm³/mol. The van der Waals surface area contributed by atoms with Crippen LogP contribution in [0.3, 0.4) is 0 Å². The minimum absolute atomic E-state index is 0.691. The van der Waals surface area contributed by atoms with Crippen molar-refractivity contribution in [1.82, 2.24) is 0 Å². The second-order valence-electron chi connectivity index (χ2n) is 16.3. The van der Waals surface area contributed by atoms with Crippen LogP contribution in [0.1, 0.15) is 50.1 Å². The van der Waals surface area contributed by atoms with Crippen molar-refractivity contribution in [2.24, 2.45) is 0 Å². The smallest absolute Gasteiger partial charge is 0.194 e. The monoisotopic (exact) mass is 1240 g/mol. The first-order chi connectivity index (χ1) is 34.0. The molecule has 1 heterocycles. The highest BCUT2D eigenvalue weighted by Gasteiger charge is 2.47. The largest absolute Gasteiger partial charge is 0.416 e. The molecule has 6 aromatic carbocycles. The summed E-state index contributed by atoms with van der Waals surface area (Å²) in [5, 5.41) is 0. The van der Waals surface area contributed by atoms with Gasteiger partial charge in [-0.15, -0.1) is 0 Å². The summed E-state index contributed by atoms with van der Waals surface area (Å²) in [5.41, 5.74) is -25.5. The predicted octanol–water partition coefficient (Wildman–Crippen LogP) is 16.0. The Labute approximate surface area is 425 Å². The van der Waals surface area contributed by atoms with Crippen molar-refractivity contribution < 1.29 is 110 Å². The van der Waals surface area contributed by atoms with Gasteiger partial charge < -0.3 is 0 Å². The Bertz CT molecular complexity index is 2780. The molecule has 0 saturated heterocycles. The van der Waals surface area contributed by atoms with Crippen LogP contribution in [0.2, 0.25) is 0 Å². The molecule has 0 atom stereocenters. The minimum Gasteiger partial charge on any atom is -0.194 e. The third kappa shape index (κ3) is 13.0. The fourth-order valence-electron chi connectivity index (χ4n) is 8.04. The van der Waals surface area contributed by atoms with Gasteiger partial charge in [0.1, 0.15) is 10.8 Å². The number of hydrogen-bond acceptors (Lipinski definition) is 1. The number of thiazole rings is 1. The van der Waals surface area contributed by atoms with Crippen molar-refractivity contribution in [2.75, 3.05) is 0 Å². The Kier molecular flexibility index (Phi) is 15.8. The van der Waals surface area contributed by atoms with E-state index in [1.165, 1.54) is 15.8 Å². The molecule has 402 valence electrons. The molecule has 0 bridgehead atoms. The number of aromatic nitrogens is 1. The van der Waals surface area contributed by atoms with E-state index in [9.17, 15) is 105 Å². The number of halogens is 26. The number of benzene rings is 6. The molecule has 0 aliphatic heterocycles. The van der Waals surface area contributed by atoms with Crippen LogP contribution < -0.4 is 26.4 Å². The Balaban J connectivity index is 0.000000421. The van der Waals surface area contributed by atoms with Crippen LogP contribution in [0.25, 0.3) is 10.2 Å². The van der Waals surface area contributed by atoms with E-state index < -0.39 is 195 Å². The third-order valence-electron chi connectivity index (χ3n) is 11.3. The van der Waals surface area contributed by atoms with Crippen LogP contribution in [0.15, 0.2) is 130 Å². The molecule has 0 N–H and O–H groups in total. The number of nitrogens with zero attached hydrogens (tertiary/aromatic N) is 1. The molecular formula is C46H22BBr2F24NS. The van der Waals surface area contributed by atoms with Gasteiger partial charge in [-0.3, -0.25) is 0 Å². The molecule has 7 rings (SSSR count). The Morgan fingerprint density at radius 1 is 0.347 bits per heavy atom. The second-order valence-corrected chi connectivity index (χ2v) is 18.8. The molecule has 0 aliphatic carbocycles. The van der Waals surface area contributed by atoms with Gasteiger partial charge in [-0.2, -0.15) is 132 Å². The molecule has 7 aromatic rings. The number of hydrogen-bond donors (Lipinski definition) is 0. The van der Waals surface area contributed by atoms with Gasteiger partial charge >= 0.3 is 49.4 Å². The number of rotatable bonds is 6. The lowest BCUT2D eigenvalue weighted by molar-refractivity contribution is -0.658. The molecule has 0 aliphatic rings. The highest BCUT2D eigenvalue weighted by molar-refractivity contribution is 9.11. The van der Waals surface area contributed by atoms with Crippen LogP contribution in [0.4, 0.5) is 105 Å². The molecule has 0 unspecified atom stereocenters. The van der Waals surface area contributed by atoms with Crippen molar-refractivity contribution >= 4 is 81.4 Å². The quantitative estimate of drug-likeness (QED) is 0.0888. The summed E-state index contributed by atoms with van der Waals surface area (Å²) in [6.07, 6.45) is -54.8. The minimum atomic E-state index is -6.13. The molecule has 75 heavy (non-hydrogen) atoms.